The van der Waals surface area contributed by atoms with Gasteiger partial charge >= 0.3 is 5.97 Å². The molecule has 1 aromatic carbocycles. The molecule has 0 amide bonds. The van der Waals surface area contributed by atoms with Gasteiger partial charge in [-0.1, -0.05) is 13.8 Å². The first-order valence-corrected chi connectivity index (χ1v) is 9.16. The van der Waals surface area contributed by atoms with Crippen LogP contribution in [0.4, 0.5) is 0 Å². The molecule has 2 rings (SSSR count). The van der Waals surface area contributed by atoms with Crippen molar-refractivity contribution in [3.05, 3.63) is 29.8 Å². The summed E-state index contributed by atoms with van der Waals surface area (Å²) in [6.07, 6.45) is 1.03. The largest absolute Gasteiger partial charge is 0.460 e. The number of nitrogens with zero attached hydrogens (tertiary/aromatic N) is 1. The molecule has 0 aromatic heterocycles. The summed E-state index contributed by atoms with van der Waals surface area (Å²) in [7, 11) is -3.55. The highest BCUT2D eigenvalue weighted by molar-refractivity contribution is 7.89. The molecule has 6 nitrogen and oxygen atoms in total. The fourth-order valence-corrected chi connectivity index (χ4v) is 4.62. The molecule has 7 heteroatoms. The lowest BCUT2D eigenvalue weighted by Gasteiger charge is -2.34. The molecule has 0 spiro atoms. The van der Waals surface area contributed by atoms with Gasteiger partial charge in [-0.2, -0.15) is 4.31 Å². The van der Waals surface area contributed by atoms with Crippen LogP contribution in [0.1, 0.15) is 30.6 Å². The Morgan fingerprint density at radius 2 is 1.78 bits per heavy atom. The van der Waals surface area contributed by atoms with Crippen molar-refractivity contribution >= 4 is 16.0 Å². The lowest BCUT2D eigenvalue weighted by Crippen LogP contribution is -2.42. The molecular formula is C16H23NO5S. The minimum atomic E-state index is -3.55. The minimum absolute atomic E-state index is 0.0809. The predicted octanol–water partition coefficient (Wildman–Crippen LogP) is 1.50. The number of esters is 1. The summed E-state index contributed by atoms with van der Waals surface area (Å²) < 4.78 is 31.7. The van der Waals surface area contributed by atoms with Crippen molar-refractivity contribution in [3.63, 3.8) is 0 Å². The molecule has 1 aliphatic heterocycles. The summed E-state index contributed by atoms with van der Waals surface area (Å²) in [6.45, 7) is 4.82. The Hall–Kier alpha value is -1.44. The van der Waals surface area contributed by atoms with Gasteiger partial charge in [-0.05, 0) is 42.5 Å². The molecule has 0 saturated carbocycles. The van der Waals surface area contributed by atoms with Crippen molar-refractivity contribution in [3.8, 4) is 0 Å². The molecule has 23 heavy (non-hydrogen) atoms. The van der Waals surface area contributed by atoms with Crippen LogP contribution in [0.5, 0.6) is 0 Å². The van der Waals surface area contributed by atoms with Gasteiger partial charge in [0.05, 0.1) is 17.1 Å². The highest BCUT2D eigenvalue weighted by Crippen LogP contribution is 2.26. The Bertz CT molecular complexity index is 631. The van der Waals surface area contributed by atoms with E-state index in [4.69, 9.17) is 9.84 Å². The number of sulfonamides is 1. The van der Waals surface area contributed by atoms with E-state index in [0.29, 0.717) is 24.9 Å². The van der Waals surface area contributed by atoms with Gasteiger partial charge in [-0.15, -0.1) is 0 Å². The number of aliphatic hydroxyl groups excluding tert-OH is 1. The van der Waals surface area contributed by atoms with Gasteiger partial charge in [0.2, 0.25) is 10.0 Å². The van der Waals surface area contributed by atoms with E-state index in [1.54, 1.807) is 0 Å². The topological polar surface area (TPSA) is 83.9 Å². The molecule has 0 aliphatic carbocycles. The van der Waals surface area contributed by atoms with Crippen molar-refractivity contribution in [2.45, 2.75) is 25.2 Å². The maximum absolute atomic E-state index is 12.7. The third-order valence-electron chi connectivity index (χ3n) is 3.89. The first kappa shape index (κ1) is 17.9. The molecule has 0 bridgehead atoms. The van der Waals surface area contributed by atoms with Crippen LogP contribution in [0.2, 0.25) is 0 Å². The van der Waals surface area contributed by atoms with Gasteiger partial charge in [0.1, 0.15) is 6.61 Å². The van der Waals surface area contributed by atoms with Crippen LogP contribution >= 0.6 is 0 Å². The zero-order chi connectivity index (χ0) is 17.0. The van der Waals surface area contributed by atoms with Crippen LogP contribution in [0, 0.1) is 11.8 Å². The van der Waals surface area contributed by atoms with Gasteiger partial charge in [0, 0.05) is 13.1 Å². The van der Waals surface area contributed by atoms with E-state index in [1.807, 2.05) is 0 Å². The van der Waals surface area contributed by atoms with Crippen molar-refractivity contribution in [2.24, 2.45) is 11.8 Å². The second-order valence-corrected chi connectivity index (χ2v) is 8.09. The Kier molecular flexibility index (Phi) is 5.78. The van der Waals surface area contributed by atoms with Gasteiger partial charge < -0.3 is 9.84 Å². The fourth-order valence-electron chi connectivity index (χ4n) is 2.94. The minimum Gasteiger partial charge on any atom is -0.460 e. The maximum Gasteiger partial charge on any atom is 0.338 e. The van der Waals surface area contributed by atoms with Crippen LogP contribution in [0.15, 0.2) is 29.2 Å². The third-order valence-corrected chi connectivity index (χ3v) is 5.73. The molecule has 1 aromatic rings. The molecule has 1 saturated heterocycles. The van der Waals surface area contributed by atoms with Gasteiger partial charge in [-0.3, -0.25) is 0 Å². The van der Waals surface area contributed by atoms with Crippen LogP contribution in [0.3, 0.4) is 0 Å². The summed E-state index contributed by atoms with van der Waals surface area (Å²) in [5, 5.41) is 8.64. The first-order valence-electron chi connectivity index (χ1n) is 7.72. The van der Waals surface area contributed by atoms with Gasteiger partial charge in [-0.25, -0.2) is 13.2 Å². The number of rotatable bonds is 5. The lowest BCUT2D eigenvalue weighted by molar-refractivity contribution is 0.0433. The van der Waals surface area contributed by atoms with Crippen molar-refractivity contribution < 1.29 is 23.1 Å². The van der Waals surface area contributed by atoms with E-state index in [-0.39, 0.29) is 23.7 Å². The monoisotopic (exact) mass is 341 g/mol. The quantitative estimate of drug-likeness (QED) is 0.821. The van der Waals surface area contributed by atoms with Gasteiger partial charge in [0.15, 0.2) is 0 Å². The van der Waals surface area contributed by atoms with E-state index in [0.717, 1.165) is 6.42 Å². The van der Waals surface area contributed by atoms with Crippen LogP contribution < -0.4 is 0 Å². The summed E-state index contributed by atoms with van der Waals surface area (Å²) in [5.41, 5.74) is 0.262. The van der Waals surface area contributed by atoms with Crippen LogP contribution in [0.25, 0.3) is 0 Å². The molecular weight excluding hydrogens is 318 g/mol. The fraction of sp³-hybridized carbons (Fsp3) is 0.562. The smallest absolute Gasteiger partial charge is 0.338 e. The number of piperidine rings is 1. The zero-order valence-corrected chi connectivity index (χ0v) is 14.3. The number of aliphatic hydroxyl groups is 1. The van der Waals surface area contributed by atoms with Gasteiger partial charge in [0.25, 0.3) is 0 Å². The number of ether oxygens (including phenoxy) is 1. The van der Waals surface area contributed by atoms with Crippen molar-refractivity contribution in [1.29, 1.82) is 0 Å². The highest BCUT2D eigenvalue weighted by atomic mass is 32.2. The standard InChI is InChI=1S/C16H23NO5S/c1-12-9-13(2)11-17(10-12)23(20,21)15-5-3-14(4-6-15)16(19)22-8-7-18/h3-6,12-13,18H,7-11H2,1-2H3/t12-,13-/m1/s1. The van der Waals surface area contributed by atoms with E-state index >= 15 is 0 Å². The zero-order valence-electron chi connectivity index (χ0n) is 13.4. The Balaban J connectivity index is 2.15. The number of hydrogen-bond donors (Lipinski definition) is 1. The molecule has 1 aliphatic rings. The molecule has 1 N–H and O–H groups in total. The van der Waals surface area contributed by atoms with Crippen molar-refractivity contribution in [2.75, 3.05) is 26.3 Å². The van der Waals surface area contributed by atoms with E-state index in [1.165, 1.54) is 28.6 Å². The SMILES string of the molecule is C[C@@H]1C[C@@H](C)CN(S(=O)(=O)c2ccc(C(=O)OCCO)cc2)C1. The van der Waals surface area contributed by atoms with E-state index < -0.39 is 16.0 Å². The number of carbonyl (C=O) groups excluding carboxylic acids is 1. The Morgan fingerprint density at radius 3 is 2.30 bits per heavy atom. The average Bonchev–Trinajstić information content (AvgIpc) is 2.51. The van der Waals surface area contributed by atoms with Crippen molar-refractivity contribution in [1.82, 2.24) is 4.31 Å². The molecule has 1 heterocycles. The number of hydrogen-bond acceptors (Lipinski definition) is 5. The predicted molar refractivity (Wildman–Crippen MR) is 85.5 cm³/mol. The second kappa shape index (κ2) is 7.42. The molecule has 2 atom stereocenters. The summed E-state index contributed by atoms with van der Waals surface area (Å²) >= 11 is 0. The van der Waals surface area contributed by atoms with E-state index in [9.17, 15) is 13.2 Å². The van der Waals surface area contributed by atoms with Crippen LogP contribution in [-0.4, -0.2) is 50.1 Å². The number of benzene rings is 1. The first-order chi connectivity index (χ1) is 10.8. The molecule has 128 valence electrons. The normalized spacial score (nSPS) is 22.7. The molecule has 1 fully saturated rings. The lowest BCUT2D eigenvalue weighted by atomic mass is 9.94. The van der Waals surface area contributed by atoms with Crippen LogP contribution in [-0.2, 0) is 14.8 Å². The highest BCUT2D eigenvalue weighted by Gasteiger charge is 2.31. The number of carbonyl (C=O) groups is 1. The molecule has 0 unspecified atom stereocenters. The summed E-state index contributed by atoms with van der Waals surface area (Å²) in [5.74, 6) is 0.0886. The second-order valence-electron chi connectivity index (χ2n) is 6.15. The summed E-state index contributed by atoms with van der Waals surface area (Å²) in [6, 6.07) is 5.72. The summed E-state index contributed by atoms with van der Waals surface area (Å²) in [4.78, 5) is 11.8. The average molecular weight is 341 g/mol. The Labute approximate surface area is 137 Å². The maximum atomic E-state index is 12.7. The third kappa shape index (κ3) is 4.31. The Morgan fingerprint density at radius 1 is 1.22 bits per heavy atom. The molecule has 0 radical (unpaired) electrons. The van der Waals surface area contributed by atoms with E-state index in [2.05, 4.69) is 13.8 Å².